The van der Waals surface area contributed by atoms with Crippen LogP contribution >= 0.6 is 11.6 Å². The number of non-ortho nitro benzene ring substituents is 1. The largest absolute Gasteiger partial charge is 0.352 e. The predicted octanol–water partition coefficient (Wildman–Crippen LogP) is 2.67. The van der Waals surface area contributed by atoms with E-state index in [4.69, 9.17) is 16.9 Å². The summed E-state index contributed by atoms with van der Waals surface area (Å²) in [6.07, 6.45) is 1.80. The molecule has 0 aliphatic carbocycles. The summed E-state index contributed by atoms with van der Waals surface area (Å²) in [7, 11) is 0. The van der Waals surface area contributed by atoms with Gasteiger partial charge in [-0.3, -0.25) is 14.9 Å². The van der Waals surface area contributed by atoms with Crippen LogP contribution < -0.4 is 5.32 Å². The van der Waals surface area contributed by atoms with Gasteiger partial charge in [-0.1, -0.05) is 11.6 Å². The summed E-state index contributed by atoms with van der Waals surface area (Å²) in [6.45, 7) is 0.402. The Kier molecular flexibility index (Phi) is 5.76. The Morgan fingerprint density at radius 2 is 2.21 bits per heavy atom. The van der Waals surface area contributed by atoms with Crippen LogP contribution in [-0.4, -0.2) is 17.4 Å². The van der Waals surface area contributed by atoms with Gasteiger partial charge >= 0.3 is 0 Å². The third kappa shape index (κ3) is 4.56. The second kappa shape index (κ2) is 7.34. The zero-order chi connectivity index (χ0) is 14.3. The highest BCUT2D eigenvalue weighted by Crippen LogP contribution is 2.21. The van der Waals surface area contributed by atoms with Crippen LogP contribution in [0.5, 0.6) is 0 Å². The minimum atomic E-state index is -0.583. The van der Waals surface area contributed by atoms with E-state index < -0.39 is 10.8 Å². The van der Waals surface area contributed by atoms with Crippen molar-refractivity contribution in [3.05, 3.63) is 38.9 Å². The summed E-state index contributed by atoms with van der Waals surface area (Å²) in [5, 5.41) is 21.7. The molecule has 0 unspecified atom stereocenters. The molecule has 0 aliphatic rings. The van der Waals surface area contributed by atoms with E-state index in [1.165, 1.54) is 12.1 Å². The molecule has 1 aromatic carbocycles. The number of halogens is 1. The van der Waals surface area contributed by atoms with Gasteiger partial charge in [0, 0.05) is 25.1 Å². The van der Waals surface area contributed by atoms with Gasteiger partial charge in [0.2, 0.25) is 0 Å². The number of rotatable bonds is 6. The first kappa shape index (κ1) is 14.9. The maximum absolute atomic E-state index is 11.8. The molecule has 0 aliphatic heterocycles. The van der Waals surface area contributed by atoms with Crippen LogP contribution in [0.4, 0.5) is 5.69 Å². The highest BCUT2D eigenvalue weighted by molar-refractivity contribution is 6.33. The lowest BCUT2D eigenvalue weighted by Crippen LogP contribution is -2.24. The van der Waals surface area contributed by atoms with Gasteiger partial charge in [-0.05, 0) is 18.9 Å². The number of amides is 1. The van der Waals surface area contributed by atoms with Gasteiger partial charge in [0.1, 0.15) is 0 Å². The lowest BCUT2D eigenvalue weighted by molar-refractivity contribution is -0.384. The fourth-order valence-corrected chi connectivity index (χ4v) is 1.63. The third-order valence-electron chi connectivity index (χ3n) is 2.41. The van der Waals surface area contributed by atoms with Crippen molar-refractivity contribution in [1.82, 2.24) is 5.32 Å². The smallest absolute Gasteiger partial charge is 0.270 e. The first-order chi connectivity index (χ1) is 9.06. The second-order valence-electron chi connectivity index (χ2n) is 3.79. The number of carbonyl (C=O) groups is 1. The lowest BCUT2D eigenvalue weighted by Gasteiger charge is -2.06. The molecule has 1 rings (SSSR count). The van der Waals surface area contributed by atoms with Crippen molar-refractivity contribution < 1.29 is 9.72 Å². The number of hydrogen-bond acceptors (Lipinski definition) is 4. The van der Waals surface area contributed by atoms with Gasteiger partial charge in [-0.25, -0.2) is 0 Å². The highest BCUT2D eigenvalue weighted by Gasteiger charge is 2.15. The standard InChI is InChI=1S/C12H12ClN3O3/c13-11-5-4-9(16(18)19)8-10(11)12(17)15-7-3-1-2-6-14/h4-5,8H,1-3,7H2,(H,15,17). The molecule has 0 saturated carbocycles. The molecule has 0 spiro atoms. The molecular formula is C12H12ClN3O3. The molecule has 1 aromatic rings. The maximum Gasteiger partial charge on any atom is 0.270 e. The van der Waals surface area contributed by atoms with Crippen molar-refractivity contribution in [2.75, 3.05) is 6.54 Å². The monoisotopic (exact) mass is 281 g/mol. The summed E-state index contributed by atoms with van der Waals surface area (Å²) in [4.78, 5) is 21.8. The van der Waals surface area contributed by atoms with E-state index in [9.17, 15) is 14.9 Å². The predicted molar refractivity (Wildman–Crippen MR) is 69.9 cm³/mol. The molecule has 0 saturated heterocycles. The van der Waals surface area contributed by atoms with Crippen LogP contribution in [0.3, 0.4) is 0 Å². The molecule has 0 atom stereocenters. The molecule has 0 fully saturated rings. The number of nitrogens with one attached hydrogen (secondary N) is 1. The van der Waals surface area contributed by atoms with Gasteiger partial charge in [0.05, 0.1) is 21.6 Å². The third-order valence-corrected chi connectivity index (χ3v) is 2.74. The Hall–Kier alpha value is -2.13. The van der Waals surface area contributed by atoms with E-state index in [1.54, 1.807) is 0 Å². The Bertz CT molecular complexity index is 525. The molecular weight excluding hydrogens is 270 g/mol. The molecule has 1 amide bonds. The van der Waals surface area contributed by atoms with Crippen molar-refractivity contribution >= 4 is 23.2 Å². The van der Waals surface area contributed by atoms with Crippen molar-refractivity contribution in [1.29, 1.82) is 5.26 Å². The number of carbonyl (C=O) groups excluding carboxylic acids is 1. The number of nitriles is 1. The van der Waals surface area contributed by atoms with E-state index in [1.807, 2.05) is 6.07 Å². The van der Waals surface area contributed by atoms with Gasteiger partial charge in [0.25, 0.3) is 11.6 Å². The van der Waals surface area contributed by atoms with Crippen LogP contribution in [0.1, 0.15) is 29.6 Å². The number of nitrogens with zero attached hydrogens (tertiary/aromatic N) is 2. The molecule has 7 heteroatoms. The summed E-state index contributed by atoms with van der Waals surface area (Å²) >= 11 is 5.83. The van der Waals surface area contributed by atoms with E-state index >= 15 is 0 Å². The molecule has 1 N–H and O–H groups in total. The number of unbranched alkanes of at least 4 members (excludes halogenated alkanes) is 2. The quantitative estimate of drug-likeness (QED) is 0.492. The lowest BCUT2D eigenvalue weighted by atomic mass is 10.2. The minimum absolute atomic E-state index is 0.0798. The summed E-state index contributed by atoms with van der Waals surface area (Å²) in [5.41, 5.74) is -0.102. The molecule has 0 aromatic heterocycles. The first-order valence-corrected chi connectivity index (χ1v) is 6.03. The van der Waals surface area contributed by atoms with Crippen LogP contribution in [0.25, 0.3) is 0 Å². The summed E-state index contributed by atoms with van der Waals surface area (Å²) in [6, 6.07) is 5.72. The summed E-state index contributed by atoms with van der Waals surface area (Å²) in [5.74, 6) is -0.453. The van der Waals surface area contributed by atoms with Crippen molar-refractivity contribution in [3.8, 4) is 6.07 Å². The zero-order valence-electron chi connectivity index (χ0n) is 10.1. The Balaban J connectivity index is 2.64. The topological polar surface area (TPSA) is 96.0 Å². The van der Waals surface area contributed by atoms with E-state index in [0.29, 0.717) is 25.8 Å². The van der Waals surface area contributed by atoms with Crippen LogP contribution in [0, 0.1) is 21.4 Å². The Labute approximate surface area is 115 Å². The normalized spacial score (nSPS) is 9.68. The van der Waals surface area contributed by atoms with Crippen molar-refractivity contribution in [2.45, 2.75) is 19.3 Å². The average molecular weight is 282 g/mol. The van der Waals surface area contributed by atoms with Gasteiger partial charge < -0.3 is 5.32 Å². The SMILES string of the molecule is N#CCCCCNC(=O)c1cc([N+](=O)[O-])ccc1Cl. The number of hydrogen-bond donors (Lipinski definition) is 1. The van der Waals surface area contributed by atoms with E-state index in [0.717, 1.165) is 6.07 Å². The van der Waals surface area contributed by atoms with Crippen LogP contribution in [0.15, 0.2) is 18.2 Å². The average Bonchev–Trinajstić information content (AvgIpc) is 2.38. The Morgan fingerprint density at radius 3 is 2.84 bits per heavy atom. The Morgan fingerprint density at radius 1 is 1.47 bits per heavy atom. The van der Waals surface area contributed by atoms with Crippen LogP contribution in [-0.2, 0) is 0 Å². The zero-order valence-corrected chi connectivity index (χ0v) is 10.8. The molecule has 0 bridgehead atoms. The number of nitro benzene ring substituents is 1. The number of nitro groups is 1. The van der Waals surface area contributed by atoms with Crippen molar-refractivity contribution in [2.24, 2.45) is 0 Å². The van der Waals surface area contributed by atoms with E-state index in [-0.39, 0.29) is 16.3 Å². The summed E-state index contributed by atoms with van der Waals surface area (Å²) < 4.78 is 0. The fraction of sp³-hybridized carbons (Fsp3) is 0.333. The number of benzene rings is 1. The van der Waals surface area contributed by atoms with E-state index in [2.05, 4.69) is 5.32 Å². The minimum Gasteiger partial charge on any atom is -0.352 e. The van der Waals surface area contributed by atoms with Crippen molar-refractivity contribution in [3.63, 3.8) is 0 Å². The van der Waals surface area contributed by atoms with Gasteiger partial charge in [0.15, 0.2) is 0 Å². The highest BCUT2D eigenvalue weighted by atomic mass is 35.5. The van der Waals surface area contributed by atoms with Gasteiger partial charge in [-0.2, -0.15) is 5.26 Å². The second-order valence-corrected chi connectivity index (χ2v) is 4.20. The molecule has 100 valence electrons. The van der Waals surface area contributed by atoms with Crippen LogP contribution in [0.2, 0.25) is 5.02 Å². The first-order valence-electron chi connectivity index (χ1n) is 5.65. The molecule has 6 nitrogen and oxygen atoms in total. The maximum atomic E-state index is 11.8. The van der Waals surface area contributed by atoms with Gasteiger partial charge in [-0.15, -0.1) is 0 Å². The molecule has 0 heterocycles. The molecule has 19 heavy (non-hydrogen) atoms. The molecule has 0 radical (unpaired) electrons. The fourth-order valence-electron chi connectivity index (χ4n) is 1.43.